The first kappa shape index (κ1) is 16.8. The number of hydrogen-bond donors (Lipinski definition) is 0. The van der Waals surface area contributed by atoms with E-state index in [9.17, 15) is 5.26 Å². The van der Waals surface area contributed by atoms with Crippen LogP contribution in [0.2, 0.25) is 5.02 Å². The maximum absolute atomic E-state index is 9.38. The zero-order valence-corrected chi connectivity index (χ0v) is 14.3. The smallest absolute Gasteiger partial charge is 0.119 e. The van der Waals surface area contributed by atoms with Gasteiger partial charge in [0.2, 0.25) is 0 Å². The van der Waals surface area contributed by atoms with Crippen molar-refractivity contribution in [2.24, 2.45) is 0 Å². The highest BCUT2D eigenvalue weighted by Crippen LogP contribution is 2.21. The molecule has 0 unspecified atom stereocenters. The average Bonchev–Trinajstić information content (AvgIpc) is 2.67. The van der Waals surface area contributed by atoms with E-state index in [1.54, 1.807) is 0 Å². The Balaban J connectivity index is 1.71. The number of benzene rings is 3. The first-order valence-electron chi connectivity index (χ1n) is 7.90. The molecule has 3 heteroatoms. The van der Waals surface area contributed by atoms with E-state index < -0.39 is 0 Å². The molecule has 2 nitrogen and oxygen atoms in total. The molecule has 0 radical (unpaired) electrons. The molecule has 0 aliphatic carbocycles. The summed E-state index contributed by atoms with van der Waals surface area (Å²) in [5, 5.41) is 10.1. The van der Waals surface area contributed by atoms with Gasteiger partial charge in [-0.05, 0) is 35.4 Å². The molecule has 0 bridgehead atoms. The Bertz CT molecular complexity index is 909. The van der Waals surface area contributed by atoms with Crippen LogP contribution in [-0.2, 0) is 6.61 Å². The van der Waals surface area contributed by atoms with Crippen molar-refractivity contribution in [2.75, 3.05) is 0 Å². The predicted octanol–water partition coefficient (Wildman–Crippen LogP) is 5.98. The predicted molar refractivity (Wildman–Crippen MR) is 102 cm³/mol. The second-order valence-corrected chi connectivity index (χ2v) is 5.89. The van der Waals surface area contributed by atoms with Crippen molar-refractivity contribution >= 4 is 23.3 Å². The van der Waals surface area contributed by atoms with E-state index in [1.807, 2.05) is 84.9 Å². The number of allylic oxidation sites excluding steroid dienone is 1. The van der Waals surface area contributed by atoms with Crippen LogP contribution < -0.4 is 4.74 Å². The standard InChI is InChI=1S/C22H16ClNO/c23-22-9-5-4-8-19(22)16-25-21-12-10-17(11-13-21)14-20(15-24)18-6-2-1-3-7-18/h1-14H,16H2/b20-14-. The van der Waals surface area contributed by atoms with Crippen LogP contribution in [0, 0.1) is 11.3 Å². The first-order valence-corrected chi connectivity index (χ1v) is 8.27. The summed E-state index contributed by atoms with van der Waals surface area (Å²) in [6.07, 6.45) is 1.87. The first-order chi connectivity index (χ1) is 12.3. The van der Waals surface area contributed by atoms with Gasteiger partial charge in [-0.2, -0.15) is 5.26 Å². The van der Waals surface area contributed by atoms with E-state index in [0.717, 1.165) is 22.4 Å². The fourth-order valence-electron chi connectivity index (χ4n) is 2.40. The number of nitriles is 1. The zero-order valence-electron chi connectivity index (χ0n) is 13.5. The van der Waals surface area contributed by atoms with Crippen molar-refractivity contribution in [3.05, 3.63) is 101 Å². The fourth-order valence-corrected chi connectivity index (χ4v) is 2.59. The number of nitrogens with zero attached hydrogens (tertiary/aromatic N) is 1. The van der Waals surface area contributed by atoms with Crippen LogP contribution >= 0.6 is 11.6 Å². The van der Waals surface area contributed by atoms with Gasteiger partial charge in [0.05, 0.1) is 11.6 Å². The van der Waals surface area contributed by atoms with Crippen molar-refractivity contribution in [1.82, 2.24) is 0 Å². The molecule has 0 saturated carbocycles. The van der Waals surface area contributed by atoms with Crippen molar-refractivity contribution < 1.29 is 4.74 Å². The summed E-state index contributed by atoms with van der Waals surface area (Å²) in [4.78, 5) is 0. The summed E-state index contributed by atoms with van der Waals surface area (Å²) >= 11 is 6.13. The molecule has 0 atom stereocenters. The number of hydrogen-bond acceptors (Lipinski definition) is 2. The maximum Gasteiger partial charge on any atom is 0.119 e. The van der Waals surface area contributed by atoms with Gasteiger partial charge in [0.1, 0.15) is 12.4 Å². The van der Waals surface area contributed by atoms with Gasteiger partial charge in [0.25, 0.3) is 0 Å². The maximum atomic E-state index is 9.38. The quantitative estimate of drug-likeness (QED) is 0.420. The molecule has 0 N–H and O–H groups in total. The van der Waals surface area contributed by atoms with E-state index in [2.05, 4.69) is 6.07 Å². The van der Waals surface area contributed by atoms with E-state index in [-0.39, 0.29) is 0 Å². The SMILES string of the molecule is N#C/C(=C/c1ccc(OCc2ccccc2Cl)cc1)c1ccccc1. The molecular weight excluding hydrogens is 330 g/mol. The van der Waals surface area contributed by atoms with Crippen LogP contribution in [0.1, 0.15) is 16.7 Å². The van der Waals surface area contributed by atoms with E-state index >= 15 is 0 Å². The lowest BCUT2D eigenvalue weighted by molar-refractivity contribution is 0.306. The van der Waals surface area contributed by atoms with Gasteiger partial charge in [-0.25, -0.2) is 0 Å². The monoisotopic (exact) mass is 345 g/mol. The Morgan fingerprint density at radius 3 is 2.28 bits per heavy atom. The summed E-state index contributed by atoms with van der Waals surface area (Å²) in [5.41, 5.74) is 3.43. The van der Waals surface area contributed by atoms with Gasteiger partial charge in [-0.15, -0.1) is 0 Å². The Morgan fingerprint density at radius 2 is 1.60 bits per heavy atom. The van der Waals surface area contributed by atoms with Crippen molar-refractivity contribution in [3.63, 3.8) is 0 Å². The Kier molecular flexibility index (Phi) is 5.51. The summed E-state index contributed by atoms with van der Waals surface area (Å²) in [7, 11) is 0. The molecule has 0 aromatic heterocycles. The molecule has 0 saturated heterocycles. The summed E-state index contributed by atoms with van der Waals surface area (Å²) < 4.78 is 5.77. The third kappa shape index (κ3) is 4.50. The van der Waals surface area contributed by atoms with Crippen molar-refractivity contribution in [1.29, 1.82) is 5.26 Å². The Morgan fingerprint density at radius 1 is 0.920 bits per heavy atom. The Labute approximate surface area is 152 Å². The van der Waals surface area contributed by atoms with Gasteiger partial charge in [0, 0.05) is 10.6 Å². The van der Waals surface area contributed by atoms with Gasteiger partial charge < -0.3 is 4.74 Å². The normalized spacial score (nSPS) is 11.0. The molecule has 0 spiro atoms. The van der Waals surface area contributed by atoms with Crippen LogP contribution in [0.4, 0.5) is 0 Å². The molecule has 25 heavy (non-hydrogen) atoms. The minimum Gasteiger partial charge on any atom is -0.489 e. The molecule has 0 fully saturated rings. The molecule has 0 aliphatic heterocycles. The second-order valence-electron chi connectivity index (χ2n) is 5.48. The number of rotatable bonds is 5. The molecule has 3 aromatic carbocycles. The van der Waals surface area contributed by atoms with E-state index in [4.69, 9.17) is 16.3 Å². The van der Waals surface area contributed by atoms with Gasteiger partial charge in [-0.3, -0.25) is 0 Å². The molecule has 0 heterocycles. The minimum absolute atomic E-state index is 0.419. The van der Waals surface area contributed by atoms with E-state index in [1.165, 1.54) is 0 Å². The fraction of sp³-hybridized carbons (Fsp3) is 0.0455. The molecule has 0 aliphatic rings. The Hall–Kier alpha value is -3.02. The lowest BCUT2D eigenvalue weighted by atomic mass is 10.0. The highest BCUT2D eigenvalue weighted by molar-refractivity contribution is 6.31. The summed E-state index contributed by atoms with van der Waals surface area (Å²) in [5.74, 6) is 0.760. The van der Waals surface area contributed by atoms with Gasteiger partial charge in [0.15, 0.2) is 0 Å². The van der Waals surface area contributed by atoms with Crippen LogP contribution in [-0.4, -0.2) is 0 Å². The zero-order chi connectivity index (χ0) is 17.5. The molecule has 3 aromatic rings. The molecule has 0 amide bonds. The largest absolute Gasteiger partial charge is 0.489 e. The van der Waals surface area contributed by atoms with Crippen molar-refractivity contribution in [2.45, 2.75) is 6.61 Å². The molecule has 3 rings (SSSR count). The van der Waals surface area contributed by atoms with E-state index in [0.29, 0.717) is 17.2 Å². The van der Waals surface area contributed by atoms with Crippen molar-refractivity contribution in [3.8, 4) is 11.8 Å². The lowest BCUT2D eigenvalue weighted by Crippen LogP contribution is -1.95. The summed E-state index contributed by atoms with van der Waals surface area (Å²) in [6.45, 7) is 0.419. The molecule has 122 valence electrons. The third-order valence-electron chi connectivity index (χ3n) is 3.75. The van der Waals surface area contributed by atoms with Gasteiger partial charge >= 0.3 is 0 Å². The number of ether oxygens (including phenoxy) is 1. The topological polar surface area (TPSA) is 33.0 Å². The van der Waals surface area contributed by atoms with Gasteiger partial charge in [-0.1, -0.05) is 72.3 Å². The summed E-state index contributed by atoms with van der Waals surface area (Å²) in [6, 6.07) is 27.2. The average molecular weight is 346 g/mol. The molecular formula is C22H16ClNO. The lowest BCUT2D eigenvalue weighted by Gasteiger charge is -2.08. The van der Waals surface area contributed by atoms with Crippen LogP contribution in [0.3, 0.4) is 0 Å². The van der Waals surface area contributed by atoms with Crippen LogP contribution in [0.25, 0.3) is 11.6 Å². The second kappa shape index (κ2) is 8.19. The highest BCUT2D eigenvalue weighted by atomic mass is 35.5. The highest BCUT2D eigenvalue weighted by Gasteiger charge is 2.02. The van der Waals surface area contributed by atoms with Crippen LogP contribution in [0.5, 0.6) is 5.75 Å². The van der Waals surface area contributed by atoms with Crippen LogP contribution in [0.15, 0.2) is 78.9 Å². The number of halogens is 1. The third-order valence-corrected chi connectivity index (χ3v) is 4.12. The minimum atomic E-state index is 0.419.